The van der Waals surface area contributed by atoms with Crippen molar-refractivity contribution in [2.75, 3.05) is 0 Å². The van der Waals surface area contributed by atoms with E-state index in [1.54, 1.807) is 0 Å². The number of hydrogen-bond acceptors (Lipinski definition) is 3. The molecule has 2 aromatic heterocycles. The molecule has 0 fully saturated rings. The van der Waals surface area contributed by atoms with E-state index in [1.807, 2.05) is 0 Å². The molecular weight excluding hydrogens is 258 g/mol. The molecule has 0 radical (unpaired) electrons. The Morgan fingerprint density at radius 1 is 1.50 bits per heavy atom. The molecule has 108 valence electrons. The summed E-state index contributed by atoms with van der Waals surface area (Å²) in [5.74, 6) is -1.57. The lowest BCUT2D eigenvalue weighted by Gasteiger charge is -2.08. The molecule has 0 aliphatic rings. The molecule has 6 nitrogen and oxygen atoms in total. The average Bonchev–Trinajstić information content (AvgIpc) is 2.92. The number of carbonyl (C=O) groups excluding carboxylic acids is 1. The van der Waals surface area contributed by atoms with Crippen molar-refractivity contribution in [3.05, 3.63) is 32.6 Å². The SMILES string of the molecule is [2H]c1[nH]c2c(c1C([2H])([2H])[2H])c(=O)n(CCCC([2H])([2H])C(=O)C([2H])([2H])[2H])c(=O)n2C. The molecule has 0 spiro atoms. The molecule has 2 rings (SSSR count). The minimum absolute atomic E-state index is 0.125. The van der Waals surface area contributed by atoms with Crippen LogP contribution in [0.4, 0.5) is 0 Å². The van der Waals surface area contributed by atoms with Gasteiger partial charge in [0.25, 0.3) is 5.56 Å². The average molecular weight is 286 g/mol. The number of nitrogens with zero attached hydrogens (tertiary/aromatic N) is 2. The van der Waals surface area contributed by atoms with Crippen LogP contribution in [0.15, 0.2) is 15.8 Å². The van der Waals surface area contributed by atoms with E-state index in [9.17, 15) is 14.4 Å². The summed E-state index contributed by atoms with van der Waals surface area (Å²) in [6.45, 7) is -6.28. The molecule has 0 atom stereocenters. The van der Waals surface area contributed by atoms with Crippen LogP contribution in [0.1, 0.15) is 44.0 Å². The molecule has 0 saturated carbocycles. The largest absolute Gasteiger partial charge is 0.347 e. The summed E-state index contributed by atoms with van der Waals surface area (Å²) in [6, 6.07) is 0. The Kier molecular flexibility index (Phi) is 1.80. The summed E-state index contributed by atoms with van der Waals surface area (Å²) in [5.41, 5.74) is -2.45. The molecule has 0 aromatic carbocycles. The van der Waals surface area contributed by atoms with E-state index in [0.29, 0.717) is 4.57 Å². The third-order valence-corrected chi connectivity index (χ3v) is 2.95. The molecule has 0 bridgehead atoms. The van der Waals surface area contributed by atoms with Crippen LogP contribution in [0, 0.1) is 6.85 Å². The van der Waals surface area contributed by atoms with Crippen molar-refractivity contribution in [1.29, 1.82) is 0 Å². The van der Waals surface area contributed by atoms with Crippen LogP contribution in [-0.4, -0.2) is 19.9 Å². The van der Waals surface area contributed by atoms with Gasteiger partial charge in [-0.1, -0.05) is 0 Å². The van der Waals surface area contributed by atoms with Crippen molar-refractivity contribution in [3.63, 3.8) is 0 Å². The lowest BCUT2D eigenvalue weighted by Crippen LogP contribution is -2.39. The highest BCUT2D eigenvalue weighted by Gasteiger charge is 2.13. The highest BCUT2D eigenvalue weighted by molar-refractivity contribution is 5.78. The number of aryl methyl sites for hydroxylation is 2. The Bertz CT molecular complexity index is 1070. The molecule has 6 heteroatoms. The number of fused-ring (bicyclic) bond motifs is 1. The lowest BCUT2D eigenvalue weighted by atomic mass is 10.2. The monoisotopic (exact) mass is 286 g/mol. The number of nitrogens with one attached hydrogen (secondary N) is 1. The van der Waals surface area contributed by atoms with Crippen molar-refractivity contribution in [1.82, 2.24) is 14.1 Å². The summed E-state index contributed by atoms with van der Waals surface area (Å²) in [6.07, 6.45) is -3.99. The van der Waals surface area contributed by atoms with Gasteiger partial charge in [0.1, 0.15) is 11.4 Å². The number of hydrogen-bond donors (Lipinski definition) is 1. The van der Waals surface area contributed by atoms with Crippen LogP contribution in [0.3, 0.4) is 0 Å². The van der Waals surface area contributed by atoms with Gasteiger partial charge in [0, 0.05) is 37.1 Å². The van der Waals surface area contributed by atoms with Crippen molar-refractivity contribution >= 4 is 16.8 Å². The molecule has 0 aliphatic heterocycles. The quantitative estimate of drug-likeness (QED) is 0.894. The predicted octanol–water partition coefficient (Wildman–Crippen LogP) is 1.10. The van der Waals surface area contributed by atoms with Crippen LogP contribution in [0.5, 0.6) is 0 Å². The number of carbonyl (C=O) groups is 1. The van der Waals surface area contributed by atoms with E-state index in [-0.39, 0.29) is 24.0 Å². The number of aromatic nitrogens is 3. The molecule has 0 unspecified atom stereocenters. The second-order valence-electron chi connectivity index (χ2n) is 4.26. The zero-order chi connectivity index (χ0) is 22.5. The van der Waals surface area contributed by atoms with Crippen LogP contribution in [0.25, 0.3) is 11.0 Å². The van der Waals surface area contributed by atoms with Crippen molar-refractivity contribution in [2.45, 2.75) is 39.5 Å². The van der Waals surface area contributed by atoms with Crippen LogP contribution in [0.2, 0.25) is 0 Å². The van der Waals surface area contributed by atoms with E-state index in [1.165, 1.54) is 7.05 Å². The van der Waals surface area contributed by atoms with E-state index in [2.05, 4.69) is 4.98 Å². The van der Waals surface area contributed by atoms with Gasteiger partial charge in [0.05, 0.1) is 6.76 Å². The maximum atomic E-state index is 12.8. The van der Waals surface area contributed by atoms with Gasteiger partial charge in [-0.2, -0.15) is 0 Å². The van der Waals surface area contributed by atoms with Crippen molar-refractivity contribution in [3.8, 4) is 0 Å². The minimum atomic E-state index is -3.13. The normalized spacial score (nSPS) is 19.8. The Morgan fingerprint density at radius 3 is 3.00 bits per heavy atom. The summed E-state index contributed by atoms with van der Waals surface area (Å²) in [7, 11) is 1.28. The van der Waals surface area contributed by atoms with Gasteiger partial charge in [0.15, 0.2) is 0 Å². The number of Topliss-reactive ketones (excluding diaryl/α,β-unsaturated/α-hetero) is 1. The summed E-state index contributed by atoms with van der Waals surface area (Å²) < 4.78 is 68.4. The Hall–Kier alpha value is -2.11. The number of H-pyrrole nitrogens is 1. The first-order valence-electron chi connectivity index (χ1n) is 10.4. The number of aromatic amines is 1. The Balaban J connectivity index is 2.46. The topological polar surface area (TPSA) is 76.9 Å². The fourth-order valence-corrected chi connectivity index (χ4v) is 1.96. The predicted molar refractivity (Wildman–Crippen MR) is 77.1 cm³/mol. The third kappa shape index (κ3) is 2.45. The lowest BCUT2D eigenvalue weighted by molar-refractivity contribution is -0.117. The highest BCUT2D eigenvalue weighted by Crippen LogP contribution is 2.10. The van der Waals surface area contributed by atoms with Crippen LogP contribution >= 0.6 is 0 Å². The maximum Gasteiger partial charge on any atom is 0.332 e. The summed E-state index contributed by atoms with van der Waals surface area (Å²) in [4.78, 5) is 39.4. The molecule has 20 heavy (non-hydrogen) atoms. The third-order valence-electron chi connectivity index (χ3n) is 2.95. The first-order chi connectivity index (χ1) is 13.0. The highest BCUT2D eigenvalue weighted by atomic mass is 16.2. The number of rotatable bonds is 5. The molecule has 0 saturated heterocycles. The smallest absolute Gasteiger partial charge is 0.332 e. The molecule has 0 amide bonds. The van der Waals surface area contributed by atoms with Gasteiger partial charge in [-0.15, -0.1) is 0 Å². The summed E-state index contributed by atoms with van der Waals surface area (Å²) in [5, 5.41) is -0.348. The first-order valence-corrected chi connectivity index (χ1v) is 5.87. The standard InChI is InChI=1S/C14H19N3O3/c1-9-8-15-12-11(9)13(19)17(14(20)16(12)3)7-5-4-6-10(2)18/h8,15H,4-7H2,1-3H3/i1D3,2D3,6D2,8D. The minimum Gasteiger partial charge on any atom is -0.347 e. The van der Waals surface area contributed by atoms with Gasteiger partial charge < -0.3 is 9.78 Å². The first kappa shape index (κ1) is 6.56. The number of ketones is 1. The molecular formula is C14H19N3O3. The van der Waals surface area contributed by atoms with Gasteiger partial charge in [0.2, 0.25) is 0 Å². The Labute approximate surface area is 128 Å². The fourth-order valence-electron chi connectivity index (χ4n) is 1.96. The van der Waals surface area contributed by atoms with Crippen molar-refractivity contribution < 1.29 is 17.1 Å². The van der Waals surface area contributed by atoms with Gasteiger partial charge in [-0.25, -0.2) is 4.79 Å². The second-order valence-corrected chi connectivity index (χ2v) is 4.26. The molecule has 1 N–H and O–H groups in total. The van der Waals surface area contributed by atoms with E-state index in [0.717, 1.165) is 4.57 Å². The molecule has 0 aliphatic carbocycles. The molecule has 2 heterocycles. The van der Waals surface area contributed by atoms with Crippen LogP contribution < -0.4 is 11.2 Å². The van der Waals surface area contributed by atoms with E-state index < -0.39 is 55.3 Å². The molecule has 2 aromatic rings. The van der Waals surface area contributed by atoms with Gasteiger partial charge in [-0.05, 0) is 32.1 Å². The van der Waals surface area contributed by atoms with Gasteiger partial charge >= 0.3 is 5.69 Å². The maximum absolute atomic E-state index is 12.8. The van der Waals surface area contributed by atoms with E-state index >= 15 is 0 Å². The second kappa shape index (κ2) is 5.48. The fraction of sp³-hybridized carbons (Fsp3) is 0.500. The Morgan fingerprint density at radius 2 is 2.30 bits per heavy atom. The van der Waals surface area contributed by atoms with Gasteiger partial charge in [-0.3, -0.25) is 13.9 Å². The van der Waals surface area contributed by atoms with Crippen molar-refractivity contribution in [2.24, 2.45) is 7.05 Å². The summed E-state index contributed by atoms with van der Waals surface area (Å²) >= 11 is 0. The zero-order valence-corrected chi connectivity index (χ0v) is 10.7. The van der Waals surface area contributed by atoms with Crippen LogP contribution in [-0.2, 0) is 18.4 Å². The zero-order valence-electron chi connectivity index (χ0n) is 19.7. The van der Waals surface area contributed by atoms with E-state index in [4.69, 9.17) is 12.3 Å².